The second-order valence-corrected chi connectivity index (χ2v) is 5.13. The lowest BCUT2D eigenvalue weighted by molar-refractivity contribution is 0.583. The molecule has 3 nitrogen and oxygen atoms in total. The number of nitrogens with one attached hydrogen (secondary N) is 2. The van der Waals surface area contributed by atoms with Crippen molar-refractivity contribution >= 4 is 15.9 Å². The molecule has 0 amide bonds. The summed E-state index contributed by atoms with van der Waals surface area (Å²) >= 11 is 3.53. The lowest BCUT2D eigenvalue weighted by Gasteiger charge is -2.05. The molecule has 0 aliphatic heterocycles. The van der Waals surface area contributed by atoms with Gasteiger partial charge in [-0.1, -0.05) is 48.0 Å². The van der Waals surface area contributed by atoms with Crippen LogP contribution in [0.3, 0.4) is 0 Å². The molecule has 0 aliphatic carbocycles. The van der Waals surface area contributed by atoms with Crippen LogP contribution >= 0.6 is 15.9 Å². The highest BCUT2D eigenvalue weighted by Crippen LogP contribution is 2.25. The van der Waals surface area contributed by atoms with Crippen molar-refractivity contribution in [2.75, 3.05) is 0 Å². The molecule has 1 aromatic carbocycles. The van der Waals surface area contributed by atoms with Crippen molar-refractivity contribution in [3.8, 4) is 11.4 Å². The van der Waals surface area contributed by atoms with Gasteiger partial charge >= 0.3 is 0 Å². The van der Waals surface area contributed by atoms with E-state index in [2.05, 4.69) is 45.1 Å². The van der Waals surface area contributed by atoms with E-state index in [1.54, 1.807) is 0 Å². The molecule has 0 atom stereocenters. The summed E-state index contributed by atoms with van der Waals surface area (Å²) < 4.78 is 1.05. The lowest BCUT2D eigenvalue weighted by Crippen LogP contribution is -2.21. The highest BCUT2D eigenvalue weighted by molar-refractivity contribution is 9.10. The Kier molecular flexibility index (Phi) is 3.97. The van der Waals surface area contributed by atoms with Crippen molar-refractivity contribution in [3.63, 3.8) is 0 Å². The number of rotatable bonds is 4. The van der Waals surface area contributed by atoms with Gasteiger partial charge in [0.25, 0.3) is 0 Å². The zero-order valence-electron chi connectivity index (χ0n) is 10.00. The fourth-order valence-electron chi connectivity index (χ4n) is 1.55. The van der Waals surface area contributed by atoms with Gasteiger partial charge in [0.15, 0.2) is 0 Å². The Morgan fingerprint density at radius 1 is 1.35 bits per heavy atom. The SMILES string of the molecule is CC(C)NCc1cnc(-c2ccccc2Br)[nH]1. The maximum Gasteiger partial charge on any atom is 0.138 e. The maximum absolute atomic E-state index is 4.40. The van der Waals surface area contributed by atoms with Gasteiger partial charge in [-0.3, -0.25) is 0 Å². The first-order valence-corrected chi connectivity index (χ1v) is 6.48. The van der Waals surface area contributed by atoms with E-state index in [4.69, 9.17) is 0 Å². The number of hydrogen-bond acceptors (Lipinski definition) is 2. The third-order valence-electron chi connectivity index (χ3n) is 2.46. The quantitative estimate of drug-likeness (QED) is 0.908. The molecular formula is C13H16BrN3. The number of nitrogens with zero attached hydrogens (tertiary/aromatic N) is 1. The zero-order chi connectivity index (χ0) is 12.3. The van der Waals surface area contributed by atoms with E-state index in [9.17, 15) is 0 Å². The van der Waals surface area contributed by atoms with Gasteiger partial charge in [0.2, 0.25) is 0 Å². The number of aromatic nitrogens is 2. The number of hydrogen-bond donors (Lipinski definition) is 2. The van der Waals surface area contributed by atoms with Gasteiger partial charge < -0.3 is 10.3 Å². The Bertz CT molecular complexity index is 491. The molecule has 90 valence electrons. The third kappa shape index (κ3) is 3.17. The van der Waals surface area contributed by atoms with E-state index in [0.717, 1.165) is 28.1 Å². The average Bonchev–Trinajstić information content (AvgIpc) is 2.75. The Morgan fingerprint density at radius 2 is 2.12 bits per heavy atom. The molecule has 0 bridgehead atoms. The van der Waals surface area contributed by atoms with Gasteiger partial charge in [0.1, 0.15) is 5.82 Å². The van der Waals surface area contributed by atoms with E-state index >= 15 is 0 Å². The monoisotopic (exact) mass is 293 g/mol. The molecule has 2 aromatic rings. The number of H-pyrrole nitrogens is 1. The first kappa shape index (κ1) is 12.3. The normalized spacial score (nSPS) is 11.1. The molecular weight excluding hydrogens is 278 g/mol. The number of imidazole rings is 1. The summed E-state index contributed by atoms with van der Waals surface area (Å²) in [7, 11) is 0. The Hall–Kier alpha value is -1.13. The van der Waals surface area contributed by atoms with Gasteiger partial charge in [-0.05, 0) is 6.07 Å². The molecule has 0 saturated heterocycles. The molecule has 0 saturated carbocycles. The highest BCUT2D eigenvalue weighted by atomic mass is 79.9. The van der Waals surface area contributed by atoms with Crippen LogP contribution in [0.4, 0.5) is 0 Å². The first-order chi connectivity index (χ1) is 8.16. The molecule has 1 aromatic heterocycles. The van der Waals surface area contributed by atoms with Crippen LogP contribution < -0.4 is 5.32 Å². The van der Waals surface area contributed by atoms with Crippen LogP contribution in [0.25, 0.3) is 11.4 Å². The van der Waals surface area contributed by atoms with Crippen molar-refractivity contribution in [3.05, 3.63) is 40.6 Å². The van der Waals surface area contributed by atoms with Crippen molar-refractivity contribution < 1.29 is 0 Å². The Balaban J connectivity index is 2.16. The van der Waals surface area contributed by atoms with Crippen LogP contribution in [0, 0.1) is 0 Å². The number of aromatic amines is 1. The van der Waals surface area contributed by atoms with Crippen LogP contribution in [0.5, 0.6) is 0 Å². The summed E-state index contributed by atoms with van der Waals surface area (Å²) in [4.78, 5) is 7.72. The second-order valence-electron chi connectivity index (χ2n) is 4.27. The van der Waals surface area contributed by atoms with Crippen molar-refractivity contribution in [1.29, 1.82) is 0 Å². The van der Waals surface area contributed by atoms with Crippen LogP contribution in [0.15, 0.2) is 34.9 Å². The molecule has 17 heavy (non-hydrogen) atoms. The fourth-order valence-corrected chi connectivity index (χ4v) is 2.03. The molecule has 0 fully saturated rings. The smallest absolute Gasteiger partial charge is 0.138 e. The minimum absolute atomic E-state index is 0.477. The number of benzene rings is 1. The summed E-state index contributed by atoms with van der Waals surface area (Å²) in [5.41, 5.74) is 2.19. The van der Waals surface area contributed by atoms with Crippen molar-refractivity contribution in [2.45, 2.75) is 26.4 Å². The van der Waals surface area contributed by atoms with Crippen LogP contribution in [-0.2, 0) is 6.54 Å². The van der Waals surface area contributed by atoms with E-state index in [-0.39, 0.29) is 0 Å². The number of halogens is 1. The molecule has 1 heterocycles. The average molecular weight is 294 g/mol. The molecule has 0 spiro atoms. The summed E-state index contributed by atoms with van der Waals surface area (Å²) in [6, 6.07) is 8.55. The largest absolute Gasteiger partial charge is 0.341 e. The maximum atomic E-state index is 4.40. The van der Waals surface area contributed by atoms with Crippen LogP contribution in [0.1, 0.15) is 19.5 Å². The van der Waals surface area contributed by atoms with Gasteiger partial charge in [-0.2, -0.15) is 0 Å². The topological polar surface area (TPSA) is 40.7 Å². The van der Waals surface area contributed by atoms with Gasteiger partial charge in [0.05, 0.1) is 0 Å². The summed E-state index contributed by atoms with van der Waals surface area (Å²) in [5.74, 6) is 0.901. The van der Waals surface area contributed by atoms with E-state index in [1.165, 1.54) is 0 Å². The van der Waals surface area contributed by atoms with E-state index in [1.807, 2.05) is 30.5 Å². The molecule has 0 unspecified atom stereocenters. The van der Waals surface area contributed by atoms with Gasteiger partial charge in [0, 0.05) is 34.5 Å². The minimum Gasteiger partial charge on any atom is -0.341 e. The fraction of sp³-hybridized carbons (Fsp3) is 0.308. The molecule has 2 N–H and O–H groups in total. The van der Waals surface area contributed by atoms with Gasteiger partial charge in [-0.25, -0.2) is 4.98 Å². The molecule has 0 aliphatic rings. The first-order valence-electron chi connectivity index (χ1n) is 5.69. The third-order valence-corrected chi connectivity index (χ3v) is 3.15. The van der Waals surface area contributed by atoms with E-state index < -0.39 is 0 Å². The molecule has 4 heteroatoms. The molecule has 2 rings (SSSR count). The predicted molar refractivity (Wildman–Crippen MR) is 73.7 cm³/mol. The second kappa shape index (κ2) is 5.47. The Morgan fingerprint density at radius 3 is 2.82 bits per heavy atom. The minimum atomic E-state index is 0.477. The standard InChI is InChI=1S/C13H16BrN3/c1-9(2)15-7-10-8-16-13(17-10)11-5-3-4-6-12(11)14/h3-6,8-9,15H,7H2,1-2H3,(H,16,17). The zero-order valence-corrected chi connectivity index (χ0v) is 11.6. The highest BCUT2D eigenvalue weighted by Gasteiger charge is 2.06. The lowest BCUT2D eigenvalue weighted by atomic mass is 10.2. The van der Waals surface area contributed by atoms with Crippen molar-refractivity contribution in [1.82, 2.24) is 15.3 Å². The predicted octanol–water partition coefficient (Wildman–Crippen LogP) is 3.34. The van der Waals surface area contributed by atoms with E-state index in [0.29, 0.717) is 6.04 Å². The summed E-state index contributed by atoms with van der Waals surface area (Å²) in [6.45, 7) is 5.07. The van der Waals surface area contributed by atoms with Crippen LogP contribution in [-0.4, -0.2) is 16.0 Å². The van der Waals surface area contributed by atoms with Crippen LogP contribution in [0.2, 0.25) is 0 Å². The van der Waals surface area contributed by atoms with Crippen molar-refractivity contribution in [2.24, 2.45) is 0 Å². The molecule has 0 radical (unpaired) electrons. The summed E-state index contributed by atoms with van der Waals surface area (Å²) in [5, 5.41) is 3.36. The summed E-state index contributed by atoms with van der Waals surface area (Å²) in [6.07, 6.45) is 1.88. The Labute approximate surface area is 110 Å². The van der Waals surface area contributed by atoms with Gasteiger partial charge in [-0.15, -0.1) is 0 Å².